The number of halogens is 1. The number of anilines is 1. The molecule has 2 aromatic rings. The molecule has 0 spiro atoms. The molecule has 190 valence electrons. The molecule has 2 aliphatic rings. The summed E-state index contributed by atoms with van der Waals surface area (Å²) in [5.41, 5.74) is 2.32. The molecule has 5 nitrogen and oxygen atoms in total. The fraction of sp³-hybridized carbons (Fsp3) is 0.536. The van der Waals surface area contributed by atoms with Gasteiger partial charge in [-0.05, 0) is 79.3 Å². The van der Waals surface area contributed by atoms with E-state index < -0.39 is 5.54 Å². The smallest absolute Gasteiger partial charge is 0.322 e. The van der Waals surface area contributed by atoms with Gasteiger partial charge in [-0.2, -0.15) is 0 Å². The van der Waals surface area contributed by atoms with Gasteiger partial charge in [-0.1, -0.05) is 51.4 Å². The highest BCUT2D eigenvalue weighted by molar-refractivity contribution is 6.30. The minimum absolute atomic E-state index is 0.0238. The Kier molecular flexibility index (Phi) is 7.04. The third-order valence-corrected chi connectivity index (χ3v) is 9.62. The Morgan fingerprint density at radius 3 is 2.37 bits per heavy atom. The number of hydrogen-bond acceptors (Lipinski definition) is 3. The standard InChI is InChI=1S/C28H39ClN2O3Si/c1-18(16-27(5,34-35)26(2,3)4)28(20-9-10-20)23-15-21(29)11-14-24(23)31(25(32)30-28)17-19-7-12-22(33-6)13-8-19/h7-8,11-15,18,20H,9-10,16-17H2,1-6,35H3,(H,30,32). The van der Waals surface area contributed by atoms with Gasteiger partial charge in [-0.3, -0.25) is 4.90 Å². The molecule has 1 aliphatic carbocycles. The number of methoxy groups -OCH3 is 1. The highest BCUT2D eigenvalue weighted by atomic mass is 35.5. The minimum Gasteiger partial charge on any atom is -0.497 e. The lowest BCUT2D eigenvalue weighted by molar-refractivity contribution is -0.0423. The summed E-state index contributed by atoms with van der Waals surface area (Å²) in [7, 11) is 2.32. The van der Waals surface area contributed by atoms with E-state index in [1.54, 1.807) is 7.11 Å². The Balaban J connectivity index is 1.76. The van der Waals surface area contributed by atoms with Gasteiger partial charge in [-0.15, -0.1) is 0 Å². The predicted octanol–water partition coefficient (Wildman–Crippen LogP) is 5.81. The van der Waals surface area contributed by atoms with Gasteiger partial charge >= 0.3 is 6.03 Å². The quantitative estimate of drug-likeness (QED) is 0.452. The highest BCUT2D eigenvalue weighted by Gasteiger charge is 2.56. The molecular weight excluding hydrogens is 476 g/mol. The first-order valence-electron chi connectivity index (χ1n) is 12.5. The second-order valence-corrected chi connectivity index (χ2v) is 12.3. The van der Waals surface area contributed by atoms with Gasteiger partial charge in [0.2, 0.25) is 0 Å². The van der Waals surface area contributed by atoms with Crippen LogP contribution in [0.1, 0.15) is 65.0 Å². The number of hydrogen-bond donors (Lipinski definition) is 1. The fourth-order valence-corrected chi connectivity index (χ4v) is 6.61. The average Bonchev–Trinajstić information content (AvgIpc) is 3.66. The Morgan fingerprint density at radius 2 is 1.83 bits per heavy atom. The first-order chi connectivity index (χ1) is 16.4. The maximum Gasteiger partial charge on any atom is 0.322 e. The van der Waals surface area contributed by atoms with Crippen molar-refractivity contribution in [3.05, 3.63) is 58.6 Å². The summed E-state index contributed by atoms with van der Waals surface area (Å²) < 4.78 is 11.5. The van der Waals surface area contributed by atoms with Crippen molar-refractivity contribution in [3.8, 4) is 5.75 Å². The zero-order chi connectivity index (χ0) is 25.6. The molecule has 0 bridgehead atoms. The summed E-state index contributed by atoms with van der Waals surface area (Å²) >= 11 is 6.58. The number of carbonyl (C=O) groups is 1. The average molecular weight is 515 g/mol. The maximum atomic E-state index is 13.8. The molecule has 3 unspecified atom stereocenters. The highest BCUT2D eigenvalue weighted by Crippen LogP contribution is 2.56. The molecule has 2 amide bonds. The van der Waals surface area contributed by atoms with Gasteiger partial charge in [0, 0.05) is 10.6 Å². The lowest BCUT2D eigenvalue weighted by atomic mass is 9.65. The van der Waals surface area contributed by atoms with Gasteiger partial charge in [-0.25, -0.2) is 4.79 Å². The number of fused-ring (bicyclic) bond motifs is 1. The molecule has 1 heterocycles. The molecule has 2 aromatic carbocycles. The summed E-state index contributed by atoms with van der Waals surface area (Å²) in [5, 5.41) is 4.22. The van der Waals surface area contributed by atoms with Crippen LogP contribution >= 0.6 is 11.6 Å². The Hall–Kier alpha value is -2.02. The van der Waals surface area contributed by atoms with Gasteiger partial charge in [0.05, 0.1) is 30.5 Å². The lowest BCUT2D eigenvalue weighted by Crippen LogP contribution is -2.61. The zero-order valence-corrected chi connectivity index (χ0v) is 24.8. The van der Waals surface area contributed by atoms with Crippen molar-refractivity contribution in [2.45, 2.75) is 71.6 Å². The van der Waals surface area contributed by atoms with E-state index in [-0.39, 0.29) is 23.0 Å². The van der Waals surface area contributed by atoms with Crippen LogP contribution in [0.2, 0.25) is 5.02 Å². The number of benzene rings is 2. The minimum atomic E-state index is -0.472. The summed E-state index contributed by atoms with van der Waals surface area (Å²) in [6.07, 6.45) is 3.05. The summed E-state index contributed by atoms with van der Waals surface area (Å²) in [6, 6.07) is 13.8. The molecule has 7 heteroatoms. The zero-order valence-electron chi connectivity index (χ0n) is 22.1. The molecule has 4 rings (SSSR count). The van der Waals surface area contributed by atoms with Crippen LogP contribution < -0.4 is 15.0 Å². The van der Waals surface area contributed by atoms with Gasteiger partial charge < -0.3 is 14.5 Å². The first-order valence-corrected chi connectivity index (χ1v) is 13.7. The molecule has 1 saturated carbocycles. The molecule has 0 aromatic heterocycles. The third-order valence-electron chi connectivity index (χ3n) is 8.49. The topological polar surface area (TPSA) is 50.8 Å². The fourth-order valence-electron chi connectivity index (χ4n) is 5.66. The predicted molar refractivity (Wildman–Crippen MR) is 146 cm³/mol. The number of amides is 2. The molecule has 35 heavy (non-hydrogen) atoms. The molecule has 1 aliphatic heterocycles. The SMILES string of the molecule is COc1ccc(CN2C(=O)NC(C(C)CC(C)(O[SiH3])C(C)(C)C)(C3CC3)c3cc(Cl)ccc32)cc1. The number of urea groups is 1. The van der Waals surface area contributed by atoms with E-state index in [0.717, 1.165) is 41.8 Å². The summed E-state index contributed by atoms with van der Waals surface area (Å²) in [6.45, 7) is 11.7. The van der Waals surface area contributed by atoms with Crippen molar-refractivity contribution in [2.75, 3.05) is 12.0 Å². The van der Waals surface area contributed by atoms with Crippen molar-refractivity contribution in [3.63, 3.8) is 0 Å². The normalized spacial score (nSPS) is 22.8. The lowest BCUT2D eigenvalue weighted by Gasteiger charge is -2.51. The number of nitrogens with one attached hydrogen (secondary N) is 1. The van der Waals surface area contributed by atoms with Crippen LogP contribution in [0.3, 0.4) is 0 Å². The molecule has 1 fully saturated rings. The third kappa shape index (κ3) is 4.73. The summed E-state index contributed by atoms with van der Waals surface area (Å²) in [5.74, 6) is 1.35. The van der Waals surface area contributed by atoms with E-state index in [4.69, 9.17) is 20.8 Å². The molecular formula is C28H39ClN2O3Si. The van der Waals surface area contributed by atoms with Crippen molar-refractivity contribution in [2.24, 2.45) is 17.3 Å². The van der Waals surface area contributed by atoms with Gasteiger partial charge in [0.1, 0.15) is 16.2 Å². The van der Waals surface area contributed by atoms with E-state index in [2.05, 4.69) is 46.0 Å². The van der Waals surface area contributed by atoms with Crippen LogP contribution in [0.4, 0.5) is 10.5 Å². The number of ether oxygens (including phenoxy) is 1. The first kappa shape index (κ1) is 26.1. The Bertz CT molecular complexity index is 1080. The van der Waals surface area contributed by atoms with E-state index in [1.807, 2.05) is 41.3 Å². The van der Waals surface area contributed by atoms with Crippen LogP contribution in [-0.2, 0) is 16.5 Å². The monoisotopic (exact) mass is 514 g/mol. The van der Waals surface area contributed by atoms with Crippen molar-refractivity contribution in [1.29, 1.82) is 0 Å². The van der Waals surface area contributed by atoms with Gasteiger partial charge in [0.15, 0.2) is 0 Å². The maximum absolute atomic E-state index is 13.8. The van der Waals surface area contributed by atoms with E-state index in [0.29, 0.717) is 28.0 Å². The second-order valence-electron chi connectivity index (χ2n) is 11.5. The van der Waals surface area contributed by atoms with E-state index in [1.165, 1.54) is 0 Å². The van der Waals surface area contributed by atoms with Crippen LogP contribution in [0, 0.1) is 17.3 Å². The van der Waals surface area contributed by atoms with Crippen LogP contribution in [0.15, 0.2) is 42.5 Å². The molecule has 1 N–H and O–H groups in total. The molecule has 3 atom stereocenters. The van der Waals surface area contributed by atoms with Crippen LogP contribution in [0.25, 0.3) is 0 Å². The molecule has 0 saturated heterocycles. The summed E-state index contributed by atoms with van der Waals surface area (Å²) in [4.78, 5) is 15.6. The second kappa shape index (κ2) is 9.45. The van der Waals surface area contributed by atoms with E-state index >= 15 is 0 Å². The number of rotatable bonds is 8. The molecule has 0 radical (unpaired) electrons. The van der Waals surface area contributed by atoms with Gasteiger partial charge in [0.25, 0.3) is 0 Å². The number of nitrogens with zero attached hydrogens (tertiary/aromatic N) is 1. The van der Waals surface area contributed by atoms with Crippen molar-refractivity contribution >= 4 is 33.8 Å². The van der Waals surface area contributed by atoms with Crippen LogP contribution in [-0.4, -0.2) is 29.2 Å². The van der Waals surface area contributed by atoms with E-state index in [9.17, 15) is 4.79 Å². The Labute approximate surface area is 218 Å². The van der Waals surface area contributed by atoms with Crippen LogP contribution in [0.5, 0.6) is 5.75 Å². The van der Waals surface area contributed by atoms with Crippen molar-refractivity contribution < 1.29 is 14.0 Å². The number of carbonyl (C=O) groups excluding carboxylic acids is 1. The Morgan fingerprint density at radius 1 is 1.17 bits per heavy atom. The van der Waals surface area contributed by atoms with Crippen molar-refractivity contribution in [1.82, 2.24) is 5.32 Å². The largest absolute Gasteiger partial charge is 0.497 e.